The lowest BCUT2D eigenvalue weighted by Crippen LogP contribution is -2.48. The van der Waals surface area contributed by atoms with Gasteiger partial charge in [0.25, 0.3) is 0 Å². The van der Waals surface area contributed by atoms with Crippen LogP contribution in [0.1, 0.15) is 37.8 Å². The molecule has 2 rings (SSSR count). The number of nitrogens with zero attached hydrogens (tertiary/aromatic N) is 1. The van der Waals surface area contributed by atoms with E-state index in [0.29, 0.717) is 27.2 Å². The highest BCUT2D eigenvalue weighted by Gasteiger charge is 2.26. The molecule has 0 fully saturated rings. The summed E-state index contributed by atoms with van der Waals surface area (Å²) in [6.07, 6.45) is 1.81. The molecule has 1 atom stereocenters. The van der Waals surface area contributed by atoms with Gasteiger partial charge < -0.3 is 10.2 Å². The van der Waals surface area contributed by atoms with Crippen molar-refractivity contribution in [2.75, 3.05) is 12.3 Å². The van der Waals surface area contributed by atoms with Crippen LogP contribution in [0.3, 0.4) is 0 Å². The Hall–Kier alpha value is -1.47. The molecule has 4 nitrogen and oxygen atoms in total. The van der Waals surface area contributed by atoms with Gasteiger partial charge in [-0.25, -0.2) is 4.39 Å². The van der Waals surface area contributed by atoms with Crippen LogP contribution in [0.5, 0.6) is 0 Å². The minimum Gasteiger partial charge on any atom is -0.354 e. The lowest BCUT2D eigenvalue weighted by Gasteiger charge is -2.29. The molecule has 0 heterocycles. The topological polar surface area (TPSA) is 49.4 Å². The summed E-state index contributed by atoms with van der Waals surface area (Å²) in [5.74, 6) is -0.567. The van der Waals surface area contributed by atoms with Crippen molar-refractivity contribution in [3.05, 3.63) is 68.4 Å². The van der Waals surface area contributed by atoms with Crippen LogP contribution in [0.4, 0.5) is 4.39 Å². The Morgan fingerprint density at radius 1 is 1.12 bits per heavy atom. The predicted octanol–water partition coefficient (Wildman–Crippen LogP) is 6.35. The molecule has 2 aromatic rings. The lowest BCUT2D eigenvalue weighted by molar-refractivity contribution is -0.138. The van der Waals surface area contributed by atoms with Crippen molar-refractivity contribution in [3.63, 3.8) is 0 Å². The summed E-state index contributed by atoms with van der Waals surface area (Å²) in [7, 11) is 0. The lowest BCUT2D eigenvalue weighted by atomic mass is 10.1. The van der Waals surface area contributed by atoms with Gasteiger partial charge >= 0.3 is 0 Å². The van der Waals surface area contributed by atoms with E-state index in [-0.39, 0.29) is 29.9 Å². The highest BCUT2D eigenvalue weighted by molar-refractivity contribution is 7.99. The summed E-state index contributed by atoms with van der Waals surface area (Å²) >= 11 is 19.4. The summed E-state index contributed by atoms with van der Waals surface area (Å²) < 4.78 is 14.0. The molecule has 1 unspecified atom stereocenters. The summed E-state index contributed by atoms with van der Waals surface area (Å²) in [5.41, 5.74) is 1.11. The molecule has 174 valence electrons. The van der Waals surface area contributed by atoms with Crippen LogP contribution in [0, 0.1) is 5.82 Å². The van der Waals surface area contributed by atoms with E-state index in [4.69, 9.17) is 34.8 Å². The fourth-order valence-corrected chi connectivity index (χ4v) is 4.52. The normalized spacial score (nSPS) is 11.8. The molecule has 0 aliphatic carbocycles. The maximum Gasteiger partial charge on any atom is 0.242 e. The number of halogens is 4. The Bertz CT molecular complexity index is 925. The number of hydrogen-bond donors (Lipinski definition) is 1. The first kappa shape index (κ1) is 26.8. The quantitative estimate of drug-likeness (QED) is 0.352. The monoisotopic (exact) mass is 518 g/mol. The average molecular weight is 520 g/mol. The first-order valence-corrected chi connectivity index (χ1v) is 12.5. The number of amides is 2. The zero-order valence-corrected chi connectivity index (χ0v) is 21.1. The van der Waals surface area contributed by atoms with E-state index in [9.17, 15) is 14.0 Å². The number of nitrogens with one attached hydrogen (secondary N) is 1. The van der Waals surface area contributed by atoms with Crippen LogP contribution in [0.15, 0.2) is 36.4 Å². The maximum absolute atomic E-state index is 14.0. The van der Waals surface area contributed by atoms with Gasteiger partial charge in [0.2, 0.25) is 11.8 Å². The number of carbonyl (C=O) groups excluding carboxylic acids is 2. The number of rotatable bonds is 11. The highest BCUT2D eigenvalue weighted by atomic mass is 35.5. The molecule has 1 N–H and O–H groups in total. The summed E-state index contributed by atoms with van der Waals surface area (Å²) in [5, 5.41) is 3.98. The van der Waals surface area contributed by atoms with Crippen molar-refractivity contribution in [3.8, 4) is 0 Å². The SMILES string of the molecule is CCCCNC(=O)C(C)N(Cc1ccc(Cl)c(Cl)c1)C(=O)CSCc1c(F)cccc1Cl. The molecule has 0 aromatic heterocycles. The number of hydrogen-bond acceptors (Lipinski definition) is 3. The Morgan fingerprint density at radius 3 is 2.53 bits per heavy atom. The van der Waals surface area contributed by atoms with Crippen molar-refractivity contribution in [1.29, 1.82) is 0 Å². The van der Waals surface area contributed by atoms with E-state index in [0.717, 1.165) is 18.4 Å². The van der Waals surface area contributed by atoms with E-state index in [1.54, 1.807) is 31.2 Å². The fraction of sp³-hybridized carbons (Fsp3) is 0.391. The Labute approximate surface area is 207 Å². The van der Waals surface area contributed by atoms with Gasteiger partial charge in [-0.05, 0) is 43.2 Å². The van der Waals surface area contributed by atoms with Gasteiger partial charge in [0.15, 0.2) is 0 Å². The fourth-order valence-electron chi connectivity index (χ4n) is 2.95. The summed E-state index contributed by atoms with van der Waals surface area (Å²) in [6.45, 7) is 4.47. The van der Waals surface area contributed by atoms with E-state index < -0.39 is 11.9 Å². The molecule has 0 aliphatic heterocycles. The van der Waals surface area contributed by atoms with E-state index in [1.807, 2.05) is 6.92 Å². The molecule has 0 aliphatic rings. The zero-order valence-electron chi connectivity index (χ0n) is 18.0. The number of unbranched alkanes of at least 4 members (excludes halogenated alkanes) is 1. The van der Waals surface area contributed by atoms with Gasteiger partial charge in [0.1, 0.15) is 11.9 Å². The molecule has 2 aromatic carbocycles. The molecule has 0 saturated heterocycles. The highest BCUT2D eigenvalue weighted by Crippen LogP contribution is 2.26. The second kappa shape index (κ2) is 13.3. The molecular weight excluding hydrogens is 494 g/mol. The van der Waals surface area contributed by atoms with Crippen molar-refractivity contribution >= 4 is 58.4 Å². The molecule has 0 radical (unpaired) electrons. The van der Waals surface area contributed by atoms with E-state index in [1.165, 1.54) is 28.8 Å². The summed E-state index contributed by atoms with van der Waals surface area (Å²) in [4.78, 5) is 27.2. The van der Waals surface area contributed by atoms with Crippen molar-refractivity contribution in [2.24, 2.45) is 0 Å². The maximum atomic E-state index is 14.0. The molecule has 0 spiro atoms. The average Bonchev–Trinajstić information content (AvgIpc) is 2.76. The molecule has 9 heteroatoms. The molecule has 0 saturated carbocycles. The van der Waals surface area contributed by atoms with Crippen LogP contribution < -0.4 is 5.32 Å². The van der Waals surface area contributed by atoms with Crippen LogP contribution >= 0.6 is 46.6 Å². The van der Waals surface area contributed by atoms with Gasteiger partial charge in [-0.1, -0.05) is 60.3 Å². The second-order valence-corrected chi connectivity index (χ2v) is 9.49. The third kappa shape index (κ3) is 7.84. The predicted molar refractivity (Wildman–Crippen MR) is 132 cm³/mol. The minimum atomic E-state index is -0.688. The third-order valence-electron chi connectivity index (χ3n) is 4.87. The van der Waals surface area contributed by atoms with Crippen LogP contribution in [0.2, 0.25) is 15.1 Å². The number of thioether (sulfide) groups is 1. The molecule has 0 bridgehead atoms. The Kier molecular flexibility index (Phi) is 11.1. The van der Waals surface area contributed by atoms with Gasteiger partial charge in [-0.2, -0.15) is 0 Å². The third-order valence-corrected chi connectivity index (χ3v) is 6.90. The van der Waals surface area contributed by atoms with Crippen LogP contribution in [-0.2, 0) is 21.9 Å². The minimum absolute atomic E-state index is 0.0680. The largest absolute Gasteiger partial charge is 0.354 e. The van der Waals surface area contributed by atoms with Gasteiger partial charge in [-0.3, -0.25) is 9.59 Å². The Morgan fingerprint density at radius 2 is 1.88 bits per heavy atom. The smallest absolute Gasteiger partial charge is 0.242 e. The molecule has 32 heavy (non-hydrogen) atoms. The van der Waals surface area contributed by atoms with Gasteiger partial charge in [0.05, 0.1) is 15.8 Å². The summed E-state index contributed by atoms with van der Waals surface area (Å²) in [6, 6.07) is 8.90. The van der Waals surface area contributed by atoms with Crippen molar-refractivity contribution in [2.45, 2.75) is 45.0 Å². The Balaban J connectivity index is 2.11. The number of benzene rings is 2. The standard InChI is InChI=1S/C23H26Cl3FN2O2S/c1-3-4-10-28-23(31)15(2)29(12-16-8-9-19(25)20(26)11-16)22(30)14-32-13-17-18(24)6-5-7-21(17)27/h5-9,11,15H,3-4,10,12-14H2,1-2H3,(H,28,31). The van der Waals surface area contributed by atoms with Crippen molar-refractivity contribution < 1.29 is 14.0 Å². The molecule has 2 amide bonds. The van der Waals surface area contributed by atoms with Gasteiger partial charge in [0, 0.05) is 29.4 Å². The number of carbonyl (C=O) groups is 2. The van der Waals surface area contributed by atoms with Crippen LogP contribution in [-0.4, -0.2) is 35.1 Å². The first-order valence-electron chi connectivity index (χ1n) is 10.3. The van der Waals surface area contributed by atoms with Crippen molar-refractivity contribution in [1.82, 2.24) is 10.2 Å². The van der Waals surface area contributed by atoms with Crippen LogP contribution in [0.25, 0.3) is 0 Å². The second-order valence-electron chi connectivity index (χ2n) is 7.28. The van der Waals surface area contributed by atoms with E-state index in [2.05, 4.69) is 5.32 Å². The van der Waals surface area contributed by atoms with E-state index >= 15 is 0 Å². The van der Waals surface area contributed by atoms with Gasteiger partial charge in [-0.15, -0.1) is 11.8 Å². The first-order chi connectivity index (χ1) is 15.2. The molecular formula is C23H26Cl3FN2O2S. The zero-order chi connectivity index (χ0) is 23.7.